The predicted molar refractivity (Wildman–Crippen MR) is 84.5 cm³/mol. The number of benzene rings is 1. The zero-order chi connectivity index (χ0) is 15.2. The highest BCUT2D eigenvalue weighted by Gasteiger charge is 2.10. The van der Waals surface area contributed by atoms with Gasteiger partial charge < -0.3 is 4.74 Å². The molecule has 2 rings (SSSR count). The number of nitrogens with zero attached hydrogens (tertiary/aromatic N) is 2. The minimum atomic E-state index is -0.533. The van der Waals surface area contributed by atoms with Crippen LogP contribution in [-0.2, 0) is 4.79 Å². The Bertz CT molecular complexity index is 639. The van der Waals surface area contributed by atoms with Gasteiger partial charge in [0, 0.05) is 4.47 Å². The number of amides is 1. The lowest BCUT2D eigenvalue weighted by Gasteiger charge is -2.06. The van der Waals surface area contributed by atoms with E-state index in [9.17, 15) is 9.18 Å². The third-order valence-corrected chi connectivity index (χ3v) is 4.52. The van der Waals surface area contributed by atoms with Crippen molar-refractivity contribution < 1.29 is 13.9 Å². The quantitative estimate of drug-likeness (QED) is 0.602. The van der Waals surface area contributed by atoms with Crippen LogP contribution >= 0.6 is 39.0 Å². The Hall–Kier alpha value is -1.19. The maximum atomic E-state index is 13.5. The number of rotatable bonds is 6. The Morgan fingerprint density at radius 3 is 3.05 bits per heavy atom. The Morgan fingerprint density at radius 2 is 2.33 bits per heavy atom. The Labute approximate surface area is 137 Å². The summed E-state index contributed by atoms with van der Waals surface area (Å²) in [6, 6.07) is 4.36. The van der Waals surface area contributed by atoms with E-state index in [1.54, 1.807) is 17.8 Å². The van der Waals surface area contributed by atoms with Gasteiger partial charge in [0.1, 0.15) is 0 Å². The molecule has 1 aromatic carbocycles. The van der Waals surface area contributed by atoms with E-state index in [-0.39, 0.29) is 12.4 Å². The number of nitrogens with one attached hydrogen (secondary N) is 1. The average molecular weight is 392 g/mol. The molecule has 0 spiro atoms. The van der Waals surface area contributed by atoms with Gasteiger partial charge in [0.25, 0.3) is 5.91 Å². The third kappa shape index (κ3) is 4.94. The Kier molecular flexibility index (Phi) is 5.95. The van der Waals surface area contributed by atoms with Crippen LogP contribution in [0.2, 0.25) is 0 Å². The van der Waals surface area contributed by atoms with Crippen molar-refractivity contribution in [3.63, 3.8) is 0 Å². The topological polar surface area (TPSA) is 64.1 Å². The average Bonchev–Trinajstić information content (AvgIpc) is 2.85. The molecule has 9 heteroatoms. The molecular weight excluding hydrogens is 381 g/mol. The van der Waals surface area contributed by atoms with E-state index in [1.165, 1.54) is 23.5 Å². The van der Waals surface area contributed by atoms with Crippen molar-refractivity contribution in [2.24, 2.45) is 0 Å². The van der Waals surface area contributed by atoms with Crippen molar-refractivity contribution in [1.29, 1.82) is 0 Å². The van der Waals surface area contributed by atoms with Gasteiger partial charge in [0.2, 0.25) is 5.13 Å². The van der Waals surface area contributed by atoms with Crippen molar-refractivity contribution in [3.05, 3.63) is 28.5 Å². The van der Waals surface area contributed by atoms with E-state index in [1.807, 2.05) is 6.92 Å². The molecule has 5 nitrogen and oxygen atoms in total. The lowest BCUT2D eigenvalue weighted by atomic mass is 10.3. The molecule has 0 radical (unpaired) electrons. The van der Waals surface area contributed by atoms with Gasteiger partial charge in [0.15, 0.2) is 22.5 Å². The molecule has 1 aromatic heterocycles. The van der Waals surface area contributed by atoms with Crippen LogP contribution < -0.4 is 10.1 Å². The van der Waals surface area contributed by atoms with E-state index in [0.29, 0.717) is 9.60 Å². The van der Waals surface area contributed by atoms with Crippen LogP contribution in [0.5, 0.6) is 5.75 Å². The number of ether oxygens (including phenoxy) is 1. The SMILES string of the molecule is CCSc1nnc(NC(=O)COc2ccc(Br)cc2F)s1. The fraction of sp³-hybridized carbons (Fsp3) is 0.250. The largest absolute Gasteiger partial charge is 0.481 e. The number of carbonyl (C=O) groups excluding carboxylic acids is 1. The molecule has 0 saturated heterocycles. The van der Waals surface area contributed by atoms with Crippen molar-refractivity contribution in [1.82, 2.24) is 10.2 Å². The van der Waals surface area contributed by atoms with E-state index < -0.39 is 11.7 Å². The molecule has 0 bridgehead atoms. The van der Waals surface area contributed by atoms with Gasteiger partial charge >= 0.3 is 0 Å². The summed E-state index contributed by atoms with van der Waals surface area (Å²) in [5, 5.41) is 10.7. The molecule has 21 heavy (non-hydrogen) atoms. The van der Waals surface area contributed by atoms with E-state index >= 15 is 0 Å². The summed E-state index contributed by atoms with van der Waals surface area (Å²) < 4.78 is 20.0. The molecular formula is C12H11BrFN3O2S2. The standard InChI is InChI=1S/C12H11BrFN3O2S2/c1-2-20-12-17-16-11(21-12)15-10(18)6-19-9-4-3-7(13)5-8(9)14/h3-5H,2,6H2,1H3,(H,15,16,18). The molecule has 0 aliphatic heterocycles. The normalized spacial score (nSPS) is 10.4. The number of carbonyl (C=O) groups is 1. The lowest BCUT2D eigenvalue weighted by molar-refractivity contribution is -0.118. The minimum absolute atomic E-state index is 0.0211. The Balaban J connectivity index is 1.86. The third-order valence-electron chi connectivity index (χ3n) is 2.17. The summed E-state index contributed by atoms with van der Waals surface area (Å²) in [6.07, 6.45) is 0. The number of aromatic nitrogens is 2. The molecule has 1 heterocycles. The summed E-state index contributed by atoms with van der Waals surface area (Å²) in [5.74, 6) is -0.0433. The number of halogens is 2. The maximum Gasteiger partial charge on any atom is 0.264 e. The number of hydrogen-bond donors (Lipinski definition) is 1. The molecule has 112 valence electrons. The van der Waals surface area contributed by atoms with Crippen LogP contribution in [0.3, 0.4) is 0 Å². The summed E-state index contributed by atoms with van der Waals surface area (Å²) in [5.41, 5.74) is 0. The second kappa shape index (κ2) is 7.71. The second-order valence-corrected chi connectivity index (χ2v) is 7.12. The maximum absolute atomic E-state index is 13.5. The van der Waals surface area contributed by atoms with Gasteiger partial charge in [-0.3, -0.25) is 10.1 Å². The first-order valence-corrected chi connectivity index (χ1v) is 8.52. The predicted octanol–water partition coefficient (Wildman–Crippen LogP) is 3.57. The van der Waals surface area contributed by atoms with Crippen LogP contribution in [0, 0.1) is 5.82 Å². The van der Waals surface area contributed by atoms with Crippen LogP contribution in [0.15, 0.2) is 27.0 Å². The molecule has 0 saturated carbocycles. The lowest BCUT2D eigenvalue weighted by Crippen LogP contribution is -2.20. The highest BCUT2D eigenvalue weighted by molar-refractivity contribution is 9.10. The van der Waals surface area contributed by atoms with Gasteiger partial charge in [0.05, 0.1) is 0 Å². The van der Waals surface area contributed by atoms with E-state index in [2.05, 4.69) is 31.4 Å². The molecule has 1 amide bonds. The fourth-order valence-electron chi connectivity index (χ4n) is 1.33. The van der Waals surface area contributed by atoms with E-state index in [4.69, 9.17) is 4.74 Å². The molecule has 0 aliphatic rings. The Morgan fingerprint density at radius 1 is 1.52 bits per heavy atom. The van der Waals surface area contributed by atoms with Crippen molar-refractivity contribution >= 4 is 50.1 Å². The summed E-state index contributed by atoms with van der Waals surface area (Å²) in [4.78, 5) is 11.7. The van der Waals surface area contributed by atoms with Gasteiger partial charge in [-0.1, -0.05) is 46.0 Å². The highest BCUT2D eigenvalue weighted by Crippen LogP contribution is 2.25. The molecule has 2 aromatic rings. The molecule has 0 unspecified atom stereocenters. The summed E-state index contributed by atoms with van der Waals surface area (Å²) in [7, 11) is 0. The highest BCUT2D eigenvalue weighted by atomic mass is 79.9. The first kappa shape index (κ1) is 16.2. The first-order valence-electron chi connectivity index (χ1n) is 5.92. The van der Waals surface area contributed by atoms with Crippen LogP contribution in [0.1, 0.15) is 6.92 Å². The smallest absolute Gasteiger partial charge is 0.264 e. The van der Waals surface area contributed by atoms with Crippen molar-refractivity contribution in [3.8, 4) is 5.75 Å². The summed E-state index contributed by atoms with van der Waals surface area (Å²) in [6.45, 7) is 1.71. The van der Waals surface area contributed by atoms with Crippen LogP contribution in [0.25, 0.3) is 0 Å². The molecule has 0 fully saturated rings. The minimum Gasteiger partial charge on any atom is -0.481 e. The first-order chi connectivity index (χ1) is 10.1. The van der Waals surface area contributed by atoms with Gasteiger partial charge in [-0.2, -0.15) is 0 Å². The zero-order valence-electron chi connectivity index (χ0n) is 10.9. The molecule has 1 N–H and O–H groups in total. The molecule has 0 atom stereocenters. The monoisotopic (exact) mass is 391 g/mol. The second-order valence-electron chi connectivity index (χ2n) is 3.72. The van der Waals surface area contributed by atoms with Gasteiger partial charge in [-0.25, -0.2) is 4.39 Å². The fourth-order valence-corrected chi connectivity index (χ4v) is 3.33. The number of anilines is 1. The van der Waals surface area contributed by atoms with Crippen molar-refractivity contribution in [2.45, 2.75) is 11.3 Å². The zero-order valence-corrected chi connectivity index (χ0v) is 14.1. The number of hydrogen-bond acceptors (Lipinski definition) is 6. The van der Waals surface area contributed by atoms with Crippen LogP contribution in [-0.4, -0.2) is 28.5 Å². The molecule has 0 aliphatic carbocycles. The van der Waals surface area contributed by atoms with Crippen LogP contribution in [0.4, 0.5) is 9.52 Å². The van der Waals surface area contributed by atoms with Gasteiger partial charge in [-0.05, 0) is 24.0 Å². The van der Waals surface area contributed by atoms with Crippen molar-refractivity contribution in [2.75, 3.05) is 17.7 Å². The van der Waals surface area contributed by atoms with E-state index in [0.717, 1.165) is 10.1 Å². The van der Waals surface area contributed by atoms with Gasteiger partial charge in [-0.15, -0.1) is 10.2 Å². The number of thioether (sulfide) groups is 1. The summed E-state index contributed by atoms with van der Waals surface area (Å²) >= 11 is 5.98.